The first-order valence-electron chi connectivity index (χ1n) is 9.04. The molecule has 0 N–H and O–H groups in total. The van der Waals surface area contributed by atoms with Crippen LogP contribution in [-0.4, -0.2) is 62.7 Å². The number of fused-ring (bicyclic) bond motifs is 1. The van der Waals surface area contributed by atoms with Gasteiger partial charge in [0.2, 0.25) is 0 Å². The van der Waals surface area contributed by atoms with E-state index in [1.165, 1.54) is 82.7 Å². The van der Waals surface area contributed by atoms with E-state index in [9.17, 15) is 0 Å². The predicted octanol–water partition coefficient (Wildman–Crippen LogP) is 2.64. The van der Waals surface area contributed by atoms with Gasteiger partial charge in [-0.1, -0.05) is 19.1 Å². The van der Waals surface area contributed by atoms with E-state index in [0.29, 0.717) is 0 Å². The Labute approximate surface area is 135 Å². The Morgan fingerprint density at radius 1 is 1.00 bits per heavy atom. The van der Waals surface area contributed by atoms with Crippen molar-refractivity contribution in [1.82, 2.24) is 9.80 Å². The Hall–Kier alpha value is -1.06. The molecule has 0 bridgehead atoms. The Morgan fingerprint density at radius 2 is 1.82 bits per heavy atom. The molecule has 3 rings (SSSR count). The van der Waals surface area contributed by atoms with E-state index in [1.807, 2.05) is 0 Å². The number of rotatable bonds is 6. The smallest absolute Gasteiger partial charge is 0.0399 e. The van der Waals surface area contributed by atoms with Crippen LogP contribution < -0.4 is 4.90 Å². The first-order valence-corrected chi connectivity index (χ1v) is 9.04. The van der Waals surface area contributed by atoms with Gasteiger partial charge in [-0.25, -0.2) is 0 Å². The van der Waals surface area contributed by atoms with Crippen LogP contribution in [0.4, 0.5) is 5.69 Å². The minimum Gasteiger partial charge on any atom is -0.371 e. The van der Waals surface area contributed by atoms with E-state index in [1.54, 1.807) is 5.56 Å². The number of hydrogen-bond donors (Lipinski definition) is 0. The van der Waals surface area contributed by atoms with Gasteiger partial charge in [-0.3, -0.25) is 0 Å². The van der Waals surface area contributed by atoms with Crippen molar-refractivity contribution < 1.29 is 0 Å². The predicted molar refractivity (Wildman–Crippen MR) is 94.9 cm³/mol. The lowest BCUT2D eigenvalue weighted by Crippen LogP contribution is -2.44. The van der Waals surface area contributed by atoms with Crippen molar-refractivity contribution in [3.8, 4) is 0 Å². The number of likely N-dealkylation sites (N-methyl/N-ethyl adjacent to an activating group) is 1. The second kappa shape index (κ2) is 7.47. The number of nitrogens with zero attached hydrogens (tertiary/aromatic N) is 3. The van der Waals surface area contributed by atoms with Crippen LogP contribution in [0.2, 0.25) is 0 Å². The third kappa shape index (κ3) is 3.82. The van der Waals surface area contributed by atoms with Crippen molar-refractivity contribution in [3.05, 3.63) is 29.3 Å². The third-order valence-electron chi connectivity index (χ3n) is 5.16. The third-order valence-corrected chi connectivity index (χ3v) is 5.16. The van der Waals surface area contributed by atoms with Crippen molar-refractivity contribution in [2.75, 3.05) is 57.8 Å². The highest BCUT2D eigenvalue weighted by Crippen LogP contribution is 2.29. The van der Waals surface area contributed by atoms with Gasteiger partial charge in [-0.15, -0.1) is 0 Å². The van der Waals surface area contributed by atoms with Gasteiger partial charge in [0.1, 0.15) is 0 Å². The van der Waals surface area contributed by atoms with Crippen LogP contribution in [0.15, 0.2) is 18.2 Å². The minimum absolute atomic E-state index is 1.20. The summed E-state index contributed by atoms with van der Waals surface area (Å²) in [4.78, 5) is 7.60. The number of piperazine rings is 1. The lowest BCUT2D eigenvalue weighted by molar-refractivity contribution is 0.153. The molecule has 0 unspecified atom stereocenters. The zero-order valence-corrected chi connectivity index (χ0v) is 14.4. The van der Waals surface area contributed by atoms with Crippen LogP contribution in [-0.2, 0) is 12.8 Å². The molecule has 0 aliphatic carbocycles. The Kier molecular flexibility index (Phi) is 5.37. The molecular weight excluding hydrogens is 270 g/mol. The number of aryl methyl sites for hydroxylation is 1. The summed E-state index contributed by atoms with van der Waals surface area (Å²) in [6, 6.07) is 7.19. The molecule has 0 aromatic heterocycles. The average Bonchev–Trinajstić information content (AvgIpc) is 2.92. The number of hydrogen-bond acceptors (Lipinski definition) is 3. The van der Waals surface area contributed by atoms with E-state index in [-0.39, 0.29) is 0 Å². The molecule has 0 radical (unpaired) electrons. The molecule has 1 fully saturated rings. The van der Waals surface area contributed by atoms with Gasteiger partial charge in [-0.05, 0) is 56.5 Å². The molecule has 0 saturated carbocycles. The molecule has 1 saturated heterocycles. The second-order valence-electron chi connectivity index (χ2n) is 6.95. The fourth-order valence-electron chi connectivity index (χ4n) is 3.76. The van der Waals surface area contributed by atoms with E-state index in [0.717, 1.165) is 0 Å². The highest BCUT2D eigenvalue weighted by Gasteiger charge is 2.18. The molecule has 1 aromatic carbocycles. The van der Waals surface area contributed by atoms with Gasteiger partial charge in [-0.2, -0.15) is 0 Å². The summed E-state index contributed by atoms with van der Waals surface area (Å²) in [6.07, 6.45) is 5.00. The van der Waals surface area contributed by atoms with Gasteiger partial charge in [0.15, 0.2) is 0 Å². The lowest BCUT2D eigenvalue weighted by atomic mass is 10.0. The van der Waals surface area contributed by atoms with E-state index in [2.05, 4.69) is 46.9 Å². The maximum Gasteiger partial charge on any atom is 0.0399 e. The summed E-state index contributed by atoms with van der Waals surface area (Å²) in [5, 5.41) is 0. The van der Waals surface area contributed by atoms with Gasteiger partial charge >= 0.3 is 0 Å². The molecule has 3 heteroatoms. The highest BCUT2D eigenvalue weighted by molar-refractivity contribution is 5.59. The summed E-state index contributed by atoms with van der Waals surface area (Å²) < 4.78 is 0. The lowest BCUT2D eigenvalue weighted by Gasteiger charge is -2.32. The van der Waals surface area contributed by atoms with Gasteiger partial charge in [0, 0.05) is 45.0 Å². The molecule has 0 amide bonds. The van der Waals surface area contributed by atoms with E-state index in [4.69, 9.17) is 0 Å². The summed E-state index contributed by atoms with van der Waals surface area (Å²) in [6.45, 7) is 10.9. The molecule has 1 aromatic rings. The first-order chi connectivity index (χ1) is 10.8. The molecular formula is C19H31N3. The van der Waals surface area contributed by atoms with Crippen LogP contribution in [0, 0.1) is 0 Å². The van der Waals surface area contributed by atoms with Gasteiger partial charge in [0.05, 0.1) is 0 Å². The minimum atomic E-state index is 1.20. The second-order valence-corrected chi connectivity index (χ2v) is 6.95. The molecule has 122 valence electrons. The van der Waals surface area contributed by atoms with E-state index >= 15 is 0 Å². The average molecular weight is 301 g/mol. The van der Waals surface area contributed by atoms with Crippen molar-refractivity contribution in [2.24, 2.45) is 0 Å². The van der Waals surface area contributed by atoms with Crippen LogP contribution in [0.3, 0.4) is 0 Å². The molecule has 0 atom stereocenters. The summed E-state index contributed by atoms with van der Waals surface area (Å²) in [5.74, 6) is 0. The molecule has 22 heavy (non-hydrogen) atoms. The van der Waals surface area contributed by atoms with Gasteiger partial charge in [0.25, 0.3) is 0 Å². The first kappa shape index (κ1) is 15.8. The Balaban J connectivity index is 1.48. The zero-order chi connectivity index (χ0) is 15.4. The van der Waals surface area contributed by atoms with Gasteiger partial charge < -0.3 is 14.7 Å². The van der Waals surface area contributed by atoms with Crippen LogP contribution in [0.5, 0.6) is 0 Å². The molecule has 2 aliphatic heterocycles. The molecule has 0 spiro atoms. The maximum atomic E-state index is 2.62. The summed E-state index contributed by atoms with van der Waals surface area (Å²) in [7, 11) is 2.23. The fraction of sp³-hybridized carbons (Fsp3) is 0.684. The maximum absolute atomic E-state index is 2.62. The van der Waals surface area contributed by atoms with Crippen LogP contribution in [0.1, 0.15) is 30.9 Å². The normalized spacial score (nSPS) is 19.6. The fourth-order valence-corrected chi connectivity index (χ4v) is 3.76. The van der Waals surface area contributed by atoms with Crippen molar-refractivity contribution in [1.29, 1.82) is 0 Å². The van der Waals surface area contributed by atoms with Crippen molar-refractivity contribution in [2.45, 2.75) is 32.6 Å². The van der Waals surface area contributed by atoms with E-state index < -0.39 is 0 Å². The summed E-state index contributed by atoms with van der Waals surface area (Å²) in [5.41, 5.74) is 4.60. The molecule has 2 heterocycles. The van der Waals surface area contributed by atoms with Crippen LogP contribution in [0.25, 0.3) is 0 Å². The number of anilines is 1. The van der Waals surface area contributed by atoms with Crippen molar-refractivity contribution in [3.63, 3.8) is 0 Å². The Morgan fingerprint density at radius 3 is 2.59 bits per heavy atom. The standard InChI is InChI=1S/C19H31N3/c1-3-9-22-11-8-18-16-17(6-7-19(18)22)5-4-10-21-14-12-20(2)13-15-21/h6-7,16H,3-5,8-15H2,1-2H3. The zero-order valence-electron chi connectivity index (χ0n) is 14.4. The highest BCUT2D eigenvalue weighted by atomic mass is 15.2. The topological polar surface area (TPSA) is 9.72 Å². The number of benzene rings is 1. The Bertz CT molecular complexity index is 478. The quantitative estimate of drug-likeness (QED) is 0.800. The summed E-state index contributed by atoms with van der Waals surface area (Å²) >= 11 is 0. The SMILES string of the molecule is CCCN1CCc2cc(CCCN3CCN(C)CC3)ccc21. The van der Waals surface area contributed by atoms with Crippen molar-refractivity contribution >= 4 is 5.69 Å². The van der Waals surface area contributed by atoms with Crippen LogP contribution >= 0.6 is 0 Å². The molecule has 3 nitrogen and oxygen atoms in total. The molecule has 2 aliphatic rings. The largest absolute Gasteiger partial charge is 0.371 e. The monoisotopic (exact) mass is 301 g/mol.